The van der Waals surface area contributed by atoms with E-state index in [4.69, 9.17) is 33.7 Å². The highest BCUT2D eigenvalue weighted by atomic mass is 35.5. The molecule has 4 nitrogen and oxygen atoms in total. The first kappa shape index (κ1) is 17.2. The van der Waals surface area contributed by atoms with Gasteiger partial charge in [-0.05, 0) is 36.8 Å². The zero-order valence-corrected chi connectivity index (χ0v) is 15.0. The van der Waals surface area contributed by atoms with Gasteiger partial charge in [-0.15, -0.1) is 0 Å². The third-order valence-corrected chi connectivity index (χ3v) is 4.36. The van der Waals surface area contributed by atoms with Gasteiger partial charge in [0.2, 0.25) is 5.88 Å². The van der Waals surface area contributed by atoms with Gasteiger partial charge in [-0.1, -0.05) is 47.0 Å². The lowest BCUT2D eigenvalue weighted by Gasteiger charge is -2.13. The van der Waals surface area contributed by atoms with E-state index in [2.05, 4.69) is 6.07 Å². The minimum Gasteiger partial charge on any atom is -0.439 e. The van der Waals surface area contributed by atoms with Crippen LogP contribution in [0.2, 0.25) is 10.0 Å². The van der Waals surface area contributed by atoms with E-state index in [1.807, 2.05) is 37.3 Å². The summed E-state index contributed by atoms with van der Waals surface area (Å²) in [5.41, 5.74) is 8.78. The first-order valence-electron chi connectivity index (χ1n) is 7.55. The quantitative estimate of drug-likeness (QED) is 0.667. The van der Waals surface area contributed by atoms with Gasteiger partial charge in [0.05, 0.1) is 12.2 Å². The van der Waals surface area contributed by atoms with Gasteiger partial charge in [0.25, 0.3) is 0 Å². The van der Waals surface area contributed by atoms with Crippen molar-refractivity contribution >= 4 is 28.9 Å². The standard InChI is InChI=1S/C19H15Cl2N3O/c1-12-2-6-16(7-3-12)25-19-18(23)9-15(10-22)24(19)11-13-4-5-14(20)8-17(13)21/h2-9H,11,23H2,1H3. The molecule has 1 aromatic heterocycles. The predicted octanol–water partition coefficient (Wildman–Crippen LogP) is 5.40. The Kier molecular flexibility index (Phi) is 4.89. The minimum atomic E-state index is 0.345. The third kappa shape index (κ3) is 3.74. The first-order chi connectivity index (χ1) is 12.0. The number of nitrogens with zero attached hydrogens (tertiary/aromatic N) is 2. The molecule has 1 heterocycles. The molecule has 0 saturated carbocycles. The monoisotopic (exact) mass is 371 g/mol. The fourth-order valence-corrected chi connectivity index (χ4v) is 2.92. The van der Waals surface area contributed by atoms with Gasteiger partial charge in [-0.3, -0.25) is 4.57 Å². The van der Waals surface area contributed by atoms with Crippen LogP contribution in [0, 0.1) is 18.3 Å². The summed E-state index contributed by atoms with van der Waals surface area (Å²) in [4.78, 5) is 0. The Hall–Kier alpha value is -2.61. The van der Waals surface area contributed by atoms with Crippen LogP contribution in [0.4, 0.5) is 5.69 Å². The van der Waals surface area contributed by atoms with Gasteiger partial charge in [0.15, 0.2) is 0 Å². The van der Waals surface area contributed by atoms with Crippen LogP contribution in [0.1, 0.15) is 16.8 Å². The molecule has 2 aromatic carbocycles. The normalized spacial score (nSPS) is 10.5. The summed E-state index contributed by atoms with van der Waals surface area (Å²) in [5.74, 6) is 1.05. The molecule has 0 atom stereocenters. The Morgan fingerprint density at radius 3 is 2.48 bits per heavy atom. The van der Waals surface area contributed by atoms with Crippen LogP contribution in [0.3, 0.4) is 0 Å². The molecule has 126 valence electrons. The van der Waals surface area contributed by atoms with E-state index < -0.39 is 0 Å². The molecule has 6 heteroatoms. The molecule has 0 spiro atoms. The molecule has 0 amide bonds. The Morgan fingerprint density at radius 1 is 1.12 bits per heavy atom. The average molecular weight is 372 g/mol. The van der Waals surface area contributed by atoms with E-state index >= 15 is 0 Å². The topological polar surface area (TPSA) is 64.0 Å². The second kappa shape index (κ2) is 7.10. The van der Waals surface area contributed by atoms with Gasteiger partial charge in [0, 0.05) is 16.1 Å². The van der Waals surface area contributed by atoms with Crippen LogP contribution < -0.4 is 10.5 Å². The van der Waals surface area contributed by atoms with Crippen LogP contribution in [0.25, 0.3) is 0 Å². The van der Waals surface area contributed by atoms with Crippen molar-refractivity contribution in [3.63, 3.8) is 0 Å². The fraction of sp³-hybridized carbons (Fsp3) is 0.105. The van der Waals surface area contributed by atoms with Crippen molar-refractivity contribution < 1.29 is 4.74 Å². The van der Waals surface area contributed by atoms with E-state index in [0.717, 1.165) is 11.1 Å². The molecule has 0 aliphatic rings. The van der Waals surface area contributed by atoms with Crippen molar-refractivity contribution in [2.24, 2.45) is 0 Å². The molecule has 0 aliphatic heterocycles. The second-order valence-electron chi connectivity index (χ2n) is 5.64. The summed E-state index contributed by atoms with van der Waals surface area (Å²) in [7, 11) is 0. The van der Waals surface area contributed by atoms with Gasteiger partial charge in [0.1, 0.15) is 17.5 Å². The maximum Gasteiger partial charge on any atom is 0.224 e. The summed E-state index contributed by atoms with van der Waals surface area (Å²) < 4.78 is 7.63. The van der Waals surface area contributed by atoms with Gasteiger partial charge in [-0.2, -0.15) is 5.26 Å². The summed E-state index contributed by atoms with van der Waals surface area (Å²) in [6, 6.07) is 16.6. The molecule has 0 bridgehead atoms. The number of aryl methyl sites for hydroxylation is 1. The maximum absolute atomic E-state index is 9.41. The number of benzene rings is 2. The van der Waals surface area contributed by atoms with E-state index in [0.29, 0.717) is 39.6 Å². The molecule has 0 aliphatic carbocycles. The second-order valence-corrected chi connectivity index (χ2v) is 6.48. The number of hydrogen-bond donors (Lipinski definition) is 1. The molecule has 0 saturated heterocycles. The van der Waals surface area contributed by atoms with Crippen LogP contribution in [0.15, 0.2) is 48.5 Å². The zero-order chi connectivity index (χ0) is 18.0. The van der Waals surface area contributed by atoms with Crippen molar-refractivity contribution in [2.45, 2.75) is 13.5 Å². The number of ether oxygens (including phenoxy) is 1. The molecular weight excluding hydrogens is 357 g/mol. The van der Waals surface area contributed by atoms with E-state index in [9.17, 15) is 5.26 Å². The number of rotatable bonds is 4. The van der Waals surface area contributed by atoms with Crippen LogP contribution >= 0.6 is 23.2 Å². The highest BCUT2D eigenvalue weighted by molar-refractivity contribution is 6.35. The number of aromatic nitrogens is 1. The SMILES string of the molecule is Cc1ccc(Oc2c(N)cc(C#N)n2Cc2ccc(Cl)cc2Cl)cc1. The summed E-state index contributed by atoms with van der Waals surface area (Å²) in [6.45, 7) is 2.34. The number of nitriles is 1. The Balaban J connectivity index is 2.00. The van der Waals surface area contributed by atoms with Crippen LogP contribution in [0.5, 0.6) is 11.6 Å². The average Bonchev–Trinajstić information content (AvgIpc) is 2.88. The highest BCUT2D eigenvalue weighted by Crippen LogP contribution is 2.33. The Labute approximate surface area is 156 Å². The third-order valence-electron chi connectivity index (χ3n) is 3.77. The molecule has 0 fully saturated rings. The molecule has 25 heavy (non-hydrogen) atoms. The molecule has 0 radical (unpaired) electrons. The molecule has 3 aromatic rings. The van der Waals surface area contributed by atoms with Gasteiger partial charge < -0.3 is 10.5 Å². The maximum atomic E-state index is 9.41. The van der Waals surface area contributed by atoms with Crippen molar-refractivity contribution in [3.8, 4) is 17.7 Å². The molecule has 0 unspecified atom stereocenters. The largest absolute Gasteiger partial charge is 0.439 e. The van der Waals surface area contributed by atoms with Crippen molar-refractivity contribution in [3.05, 3.63) is 75.4 Å². The number of nitrogen functional groups attached to an aromatic ring is 1. The fourth-order valence-electron chi connectivity index (χ4n) is 2.45. The number of halogens is 2. The van der Waals surface area contributed by atoms with Crippen molar-refractivity contribution in [1.29, 1.82) is 5.26 Å². The number of hydrogen-bond acceptors (Lipinski definition) is 3. The predicted molar refractivity (Wildman–Crippen MR) is 100 cm³/mol. The summed E-state index contributed by atoms with van der Waals surface area (Å²) in [6.07, 6.45) is 0. The van der Waals surface area contributed by atoms with Gasteiger partial charge >= 0.3 is 0 Å². The smallest absolute Gasteiger partial charge is 0.224 e. The molecular formula is C19H15Cl2N3O. The van der Waals surface area contributed by atoms with E-state index in [1.165, 1.54) is 0 Å². The highest BCUT2D eigenvalue weighted by Gasteiger charge is 2.17. The van der Waals surface area contributed by atoms with Crippen LogP contribution in [-0.4, -0.2) is 4.57 Å². The van der Waals surface area contributed by atoms with Crippen molar-refractivity contribution in [2.75, 3.05) is 5.73 Å². The van der Waals surface area contributed by atoms with E-state index in [1.54, 1.807) is 22.8 Å². The molecule has 3 rings (SSSR count). The van der Waals surface area contributed by atoms with Crippen LogP contribution in [-0.2, 0) is 6.54 Å². The summed E-state index contributed by atoms with van der Waals surface area (Å²) >= 11 is 12.2. The first-order valence-corrected chi connectivity index (χ1v) is 8.31. The Bertz CT molecular complexity index is 956. The van der Waals surface area contributed by atoms with Crippen molar-refractivity contribution in [1.82, 2.24) is 4.57 Å². The molecule has 2 N–H and O–H groups in total. The lowest BCUT2D eigenvalue weighted by Crippen LogP contribution is -2.05. The number of anilines is 1. The van der Waals surface area contributed by atoms with Gasteiger partial charge in [-0.25, -0.2) is 0 Å². The lowest BCUT2D eigenvalue weighted by atomic mass is 10.2. The lowest BCUT2D eigenvalue weighted by molar-refractivity contribution is 0.437. The number of nitrogens with two attached hydrogens (primary N) is 1. The summed E-state index contributed by atoms with van der Waals surface area (Å²) in [5, 5.41) is 10.5. The minimum absolute atomic E-state index is 0.345. The zero-order valence-electron chi connectivity index (χ0n) is 13.5. The van der Waals surface area contributed by atoms with E-state index in [-0.39, 0.29) is 0 Å². The Morgan fingerprint density at radius 2 is 1.84 bits per heavy atom.